The standard InChI is InChI=1S/C26H40N2O6Si/c1-15-16-7-8-18-24-13-34-26(31,25(18,11-16)20(15)29)22(33-14-32-9-10-35(4,5)6)19(24)23(2,3)12-17(28-27)21(24)30/h16,18-20,22,29,31H,1,7-14H2,2-6H3/t16-,18+,19-,20-,22+,24+,25+,26+/m1/s1. The molecule has 2 spiro atoms. The number of hydrogen-bond acceptors (Lipinski definition) is 6. The second-order valence-corrected chi connectivity index (χ2v) is 19.1. The Hall–Kier alpha value is -1.19. The van der Waals surface area contributed by atoms with Crippen LogP contribution in [0.4, 0.5) is 0 Å². The Labute approximate surface area is 208 Å². The van der Waals surface area contributed by atoms with E-state index in [1.807, 2.05) is 13.8 Å². The summed E-state index contributed by atoms with van der Waals surface area (Å²) in [5, 5.41) is 24.0. The van der Waals surface area contributed by atoms with Crippen LogP contribution in [-0.4, -0.2) is 72.6 Å². The molecule has 0 aromatic rings. The molecule has 2 heterocycles. The van der Waals surface area contributed by atoms with Gasteiger partial charge in [0.2, 0.25) is 11.6 Å². The minimum Gasteiger partial charge on any atom is -0.388 e. The molecule has 4 aliphatic carbocycles. The number of Topliss-reactive ketones (excluding diaryl/α,β-unsaturated/α-hetero) is 1. The molecule has 6 aliphatic rings. The van der Waals surface area contributed by atoms with Crippen LogP contribution >= 0.6 is 0 Å². The zero-order valence-corrected chi connectivity index (χ0v) is 22.7. The summed E-state index contributed by atoms with van der Waals surface area (Å²) in [4.78, 5) is 17.5. The molecule has 35 heavy (non-hydrogen) atoms. The van der Waals surface area contributed by atoms with Gasteiger partial charge in [-0.1, -0.05) is 40.1 Å². The summed E-state index contributed by atoms with van der Waals surface area (Å²) < 4.78 is 18.4. The number of aliphatic hydroxyl groups is 2. The first-order valence-corrected chi connectivity index (χ1v) is 16.6. The molecule has 8 atom stereocenters. The van der Waals surface area contributed by atoms with Gasteiger partial charge in [0.05, 0.1) is 30.0 Å². The average molecular weight is 505 g/mol. The third kappa shape index (κ3) is 3.19. The Bertz CT molecular complexity index is 1000. The van der Waals surface area contributed by atoms with Crippen molar-refractivity contribution in [2.24, 2.45) is 34.0 Å². The number of ketones is 1. The van der Waals surface area contributed by atoms with Crippen LogP contribution < -0.4 is 0 Å². The van der Waals surface area contributed by atoms with E-state index in [0.29, 0.717) is 25.0 Å². The second-order valence-electron chi connectivity index (χ2n) is 13.5. The molecular weight excluding hydrogens is 464 g/mol. The number of rotatable bonds is 6. The van der Waals surface area contributed by atoms with Gasteiger partial charge in [0, 0.05) is 20.6 Å². The largest absolute Gasteiger partial charge is 0.388 e. The summed E-state index contributed by atoms with van der Waals surface area (Å²) in [6, 6.07) is 0.988. The van der Waals surface area contributed by atoms with E-state index >= 15 is 0 Å². The summed E-state index contributed by atoms with van der Waals surface area (Å²) in [5.41, 5.74) is 7.93. The van der Waals surface area contributed by atoms with E-state index in [1.165, 1.54) is 0 Å². The predicted molar refractivity (Wildman–Crippen MR) is 131 cm³/mol. The van der Waals surface area contributed by atoms with Crippen LogP contribution in [0.2, 0.25) is 25.7 Å². The van der Waals surface area contributed by atoms with Crippen molar-refractivity contribution in [2.75, 3.05) is 20.0 Å². The molecule has 6 fully saturated rings. The summed E-state index contributed by atoms with van der Waals surface area (Å²) in [6.07, 6.45) is 0.365. The van der Waals surface area contributed by atoms with Crippen LogP contribution in [0.1, 0.15) is 39.5 Å². The maximum absolute atomic E-state index is 14.1. The van der Waals surface area contributed by atoms with Crippen molar-refractivity contribution in [2.45, 2.75) is 83.2 Å². The first-order chi connectivity index (χ1) is 16.3. The molecule has 2 saturated heterocycles. The van der Waals surface area contributed by atoms with Crippen molar-refractivity contribution in [3.05, 3.63) is 17.7 Å². The fraction of sp³-hybridized carbons (Fsp3) is 0.846. The molecule has 0 unspecified atom stereocenters. The van der Waals surface area contributed by atoms with Crippen molar-refractivity contribution in [3.8, 4) is 0 Å². The average Bonchev–Trinajstić information content (AvgIpc) is 2.97. The van der Waals surface area contributed by atoms with Crippen LogP contribution in [0.5, 0.6) is 0 Å². The number of aliphatic hydroxyl groups excluding tert-OH is 1. The molecule has 0 amide bonds. The molecule has 9 heteroatoms. The second kappa shape index (κ2) is 7.90. The Morgan fingerprint density at radius 2 is 2.00 bits per heavy atom. The van der Waals surface area contributed by atoms with E-state index in [2.05, 4.69) is 31.0 Å². The lowest BCUT2D eigenvalue weighted by Gasteiger charge is -2.73. The van der Waals surface area contributed by atoms with Gasteiger partial charge in [0.25, 0.3) is 0 Å². The van der Waals surface area contributed by atoms with Gasteiger partial charge in [-0.2, -0.15) is 4.79 Å². The Kier molecular flexibility index (Phi) is 5.75. The molecule has 6 rings (SSSR count). The van der Waals surface area contributed by atoms with Gasteiger partial charge in [-0.15, -0.1) is 0 Å². The zero-order chi connectivity index (χ0) is 25.6. The Morgan fingerprint density at radius 3 is 2.66 bits per heavy atom. The molecule has 0 aromatic heterocycles. The van der Waals surface area contributed by atoms with Crippen LogP contribution in [0.3, 0.4) is 0 Å². The first kappa shape index (κ1) is 25.5. The summed E-state index contributed by atoms with van der Waals surface area (Å²) in [5.74, 6) is -2.68. The maximum atomic E-state index is 14.1. The van der Waals surface area contributed by atoms with E-state index < -0.39 is 42.3 Å². The number of fused-ring (bicyclic) bond motifs is 2. The van der Waals surface area contributed by atoms with E-state index in [1.54, 1.807) is 0 Å². The summed E-state index contributed by atoms with van der Waals surface area (Å²) in [6.45, 7) is 15.6. The topological polar surface area (TPSA) is 122 Å². The van der Waals surface area contributed by atoms with Gasteiger partial charge in [-0.3, -0.25) is 4.79 Å². The number of ether oxygens (including phenoxy) is 3. The molecule has 0 radical (unpaired) electrons. The van der Waals surface area contributed by atoms with Gasteiger partial charge in [0.15, 0.2) is 0 Å². The number of carbonyl (C=O) groups is 1. The van der Waals surface area contributed by atoms with Gasteiger partial charge in [-0.25, -0.2) is 0 Å². The molecule has 2 aliphatic heterocycles. The van der Waals surface area contributed by atoms with E-state index in [4.69, 9.17) is 14.2 Å². The number of hydrogen-bond donors (Lipinski definition) is 2. The van der Waals surface area contributed by atoms with Gasteiger partial charge in [0.1, 0.15) is 12.9 Å². The lowest BCUT2D eigenvalue weighted by atomic mass is 9.36. The first-order valence-electron chi connectivity index (χ1n) is 12.9. The third-order valence-electron chi connectivity index (χ3n) is 10.0. The highest BCUT2D eigenvalue weighted by molar-refractivity contribution is 6.76. The smallest absolute Gasteiger partial charge is 0.335 e. The van der Waals surface area contributed by atoms with E-state index in [0.717, 1.165) is 12.5 Å². The SMILES string of the molecule is C=C1[C@@H]2CC[C@H]3[C@@]45CO[C@@](O)([C@@H](OCOCC[Si](C)(C)C)[C@@H]4C(C)(C)CC(=[N+]=[N-])C5=O)[C@]3(C2)[C@@H]1O. The Balaban J connectivity index is 1.59. The van der Waals surface area contributed by atoms with Crippen molar-refractivity contribution in [1.29, 1.82) is 0 Å². The zero-order valence-electron chi connectivity index (χ0n) is 21.7. The summed E-state index contributed by atoms with van der Waals surface area (Å²) >= 11 is 0. The highest BCUT2D eigenvalue weighted by Crippen LogP contribution is 2.76. The normalized spacial score (nSPS) is 45.8. The highest BCUT2D eigenvalue weighted by Gasteiger charge is 2.86. The van der Waals surface area contributed by atoms with Crippen LogP contribution in [0.25, 0.3) is 5.53 Å². The molecular formula is C26H40N2O6Si. The van der Waals surface area contributed by atoms with Crippen molar-refractivity contribution in [3.63, 3.8) is 0 Å². The molecule has 4 saturated carbocycles. The van der Waals surface area contributed by atoms with Crippen LogP contribution in [0.15, 0.2) is 12.2 Å². The molecule has 8 nitrogen and oxygen atoms in total. The van der Waals surface area contributed by atoms with Gasteiger partial charge < -0.3 is 30.0 Å². The third-order valence-corrected chi connectivity index (χ3v) is 11.7. The fourth-order valence-electron chi connectivity index (χ4n) is 8.58. The van der Waals surface area contributed by atoms with Gasteiger partial charge in [-0.05, 0) is 48.1 Å². The van der Waals surface area contributed by atoms with Gasteiger partial charge >= 0.3 is 5.71 Å². The Morgan fingerprint density at radius 1 is 1.29 bits per heavy atom. The fourth-order valence-corrected chi connectivity index (χ4v) is 9.34. The van der Waals surface area contributed by atoms with Crippen molar-refractivity contribution in [1.82, 2.24) is 0 Å². The monoisotopic (exact) mass is 504 g/mol. The molecule has 194 valence electrons. The summed E-state index contributed by atoms with van der Waals surface area (Å²) in [7, 11) is -1.28. The lowest BCUT2D eigenvalue weighted by molar-refractivity contribution is -0.452. The molecule has 2 N–H and O–H groups in total. The van der Waals surface area contributed by atoms with E-state index in [-0.39, 0.29) is 49.1 Å². The molecule has 4 bridgehead atoms. The quantitative estimate of drug-likeness (QED) is 0.143. The van der Waals surface area contributed by atoms with E-state index in [9.17, 15) is 20.5 Å². The number of carbonyl (C=O) groups excluding carboxylic acids is 1. The van der Waals surface area contributed by atoms with Crippen LogP contribution in [0, 0.1) is 34.0 Å². The minimum absolute atomic E-state index is 0.0159. The highest BCUT2D eigenvalue weighted by atomic mass is 28.3. The predicted octanol–water partition coefficient (Wildman–Crippen LogP) is 3.02. The number of nitrogens with zero attached hydrogens (tertiary/aromatic N) is 2. The maximum Gasteiger partial charge on any atom is 0.335 e. The van der Waals surface area contributed by atoms with Crippen LogP contribution in [-0.2, 0) is 19.0 Å². The minimum atomic E-state index is -1.78. The van der Waals surface area contributed by atoms with Crippen molar-refractivity contribution >= 4 is 19.6 Å². The molecule has 0 aromatic carbocycles. The lowest BCUT2D eigenvalue weighted by Crippen LogP contribution is -2.84. The van der Waals surface area contributed by atoms with Crippen molar-refractivity contribution < 1.29 is 34.0 Å².